The Labute approximate surface area is 136 Å². The molecule has 0 aromatic heterocycles. The molecule has 1 aliphatic rings. The van der Waals surface area contributed by atoms with E-state index in [-0.39, 0.29) is 11.1 Å². The van der Waals surface area contributed by atoms with Gasteiger partial charge in [0.05, 0.1) is 11.1 Å². The van der Waals surface area contributed by atoms with E-state index < -0.39 is 39.4 Å². The molecule has 1 heterocycles. The zero-order chi connectivity index (χ0) is 17.6. The van der Waals surface area contributed by atoms with Crippen LogP contribution >= 0.6 is 0 Å². The second-order valence-electron chi connectivity index (χ2n) is 5.10. The van der Waals surface area contributed by atoms with Gasteiger partial charge in [-0.15, -0.1) is 0 Å². The molecule has 3 rings (SSSR count). The molecule has 1 N–H and O–H groups in total. The van der Waals surface area contributed by atoms with Crippen molar-refractivity contribution in [1.82, 2.24) is 4.31 Å². The molecule has 124 valence electrons. The Hall–Kier alpha value is -2.94. The number of carboxylic acid groups (broad SMARTS) is 1. The molecule has 1 aliphatic heterocycles. The highest BCUT2D eigenvalue weighted by atomic mass is 32.2. The third-order valence-corrected chi connectivity index (χ3v) is 5.49. The molecule has 0 atom stereocenters. The number of carboxylic acids is 1. The number of carbonyl (C=O) groups is 3. The Morgan fingerprint density at radius 1 is 1.25 bits per heavy atom. The number of amides is 1. The predicted octanol–water partition coefficient (Wildman–Crippen LogP) is 0.856. The molecule has 1 amide bonds. The van der Waals surface area contributed by atoms with Crippen LogP contribution in [0.3, 0.4) is 0 Å². The van der Waals surface area contributed by atoms with Gasteiger partial charge >= 0.3 is 11.9 Å². The third-order valence-electron chi connectivity index (χ3n) is 3.67. The van der Waals surface area contributed by atoms with Gasteiger partial charge in [-0.1, -0.05) is 24.3 Å². The molecule has 2 aromatic carbocycles. The van der Waals surface area contributed by atoms with Crippen LogP contribution in [-0.4, -0.2) is 49.3 Å². The first-order valence-corrected chi connectivity index (χ1v) is 8.17. The van der Waals surface area contributed by atoms with Gasteiger partial charge in [-0.2, -0.15) is 0 Å². The van der Waals surface area contributed by atoms with Crippen molar-refractivity contribution in [2.75, 3.05) is 13.7 Å². The van der Waals surface area contributed by atoms with Crippen molar-refractivity contribution in [2.45, 2.75) is 4.90 Å². The van der Waals surface area contributed by atoms with E-state index in [1.54, 1.807) is 24.3 Å². The molecule has 0 fully saturated rings. The van der Waals surface area contributed by atoms with Crippen LogP contribution in [0.2, 0.25) is 0 Å². The summed E-state index contributed by atoms with van der Waals surface area (Å²) in [7, 11) is -3.11. The van der Waals surface area contributed by atoms with Gasteiger partial charge in [0.2, 0.25) is 0 Å². The van der Waals surface area contributed by atoms with E-state index in [9.17, 15) is 22.8 Å². The number of nitrogens with zero attached hydrogens (tertiary/aromatic N) is 1. The van der Waals surface area contributed by atoms with E-state index in [0.29, 0.717) is 15.1 Å². The zero-order valence-corrected chi connectivity index (χ0v) is 13.2. The molecule has 8 nitrogen and oxygen atoms in total. The average Bonchev–Trinajstić information content (AvgIpc) is 2.73. The average molecular weight is 349 g/mol. The smallest absolute Gasteiger partial charge is 0.341 e. The molecular formula is C15H11NO7S. The Kier molecular flexibility index (Phi) is 3.52. The van der Waals surface area contributed by atoms with Crippen molar-refractivity contribution in [1.29, 1.82) is 0 Å². The lowest BCUT2D eigenvalue weighted by Crippen LogP contribution is -2.25. The first-order valence-electron chi connectivity index (χ1n) is 6.73. The number of benzene rings is 2. The number of hydrogen-bond donors (Lipinski definition) is 1. The van der Waals surface area contributed by atoms with Crippen LogP contribution in [0.15, 0.2) is 35.2 Å². The fourth-order valence-corrected chi connectivity index (χ4v) is 4.03. The fourth-order valence-electron chi connectivity index (χ4n) is 2.57. The quantitative estimate of drug-likeness (QED) is 0.816. The lowest BCUT2D eigenvalue weighted by Gasteiger charge is -2.09. The normalized spacial score (nSPS) is 15.4. The highest BCUT2D eigenvalue weighted by molar-refractivity contribution is 7.90. The van der Waals surface area contributed by atoms with Crippen molar-refractivity contribution in [2.24, 2.45) is 0 Å². The topological polar surface area (TPSA) is 118 Å². The van der Waals surface area contributed by atoms with Crippen molar-refractivity contribution >= 4 is 38.6 Å². The van der Waals surface area contributed by atoms with Crippen LogP contribution in [0.5, 0.6) is 0 Å². The Bertz CT molecular complexity index is 1010. The summed E-state index contributed by atoms with van der Waals surface area (Å²) in [5.74, 6) is -3.25. The maximum Gasteiger partial charge on any atom is 0.341 e. The van der Waals surface area contributed by atoms with Gasteiger partial charge in [-0.3, -0.25) is 4.79 Å². The van der Waals surface area contributed by atoms with Crippen molar-refractivity contribution in [3.63, 3.8) is 0 Å². The summed E-state index contributed by atoms with van der Waals surface area (Å²) in [5, 5.41) is 9.46. The second-order valence-corrected chi connectivity index (χ2v) is 7.00. The van der Waals surface area contributed by atoms with E-state index in [4.69, 9.17) is 5.11 Å². The van der Waals surface area contributed by atoms with Crippen LogP contribution in [0.25, 0.3) is 10.8 Å². The number of rotatable bonds is 3. The lowest BCUT2D eigenvalue weighted by atomic mass is 10.00. The summed E-state index contributed by atoms with van der Waals surface area (Å²) in [6.45, 7) is -0.912. The second kappa shape index (κ2) is 5.31. The molecule has 9 heteroatoms. The summed E-state index contributed by atoms with van der Waals surface area (Å²) in [5.41, 5.74) is -0.472. The Balaban J connectivity index is 2.32. The minimum Gasteiger partial charge on any atom is -0.479 e. The molecule has 2 aromatic rings. The Morgan fingerprint density at radius 2 is 1.92 bits per heavy atom. The minimum absolute atomic E-state index is 0.113. The maximum absolute atomic E-state index is 12.5. The van der Waals surface area contributed by atoms with Gasteiger partial charge in [-0.05, 0) is 16.8 Å². The van der Waals surface area contributed by atoms with Gasteiger partial charge in [-0.25, -0.2) is 22.3 Å². The number of sulfonamides is 1. The standard InChI is InChI=1S/C15H11NO7S/c1-16-14(19)12-9-5-3-2-4-8(9)6-10(13(12)24(16,21)22)15(20)23-7-11(17)18/h2-6H,7H2,1H3,(H,17,18). The predicted molar refractivity (Wildman–Crippen MR) is 81.1 cm³/mol. The summed E-state index contributed by atoms with van der Waals surface area (Å²) >= 11 is 0. The molecule has 0 saturated heterocycles. The number of ether oxygens (including phenoxy) is 1. The van der Waals surface area contributed by atoms with E-state index in [1.165, 1.54) is 6.07 Å². The number of aliphatic carboxylic acids is 1. The van der Waals surface area contributed by atoms with Gasteiger partial charge in [0.1, 0.15) is 4.90 Å². The van der Waals surface area contributed by atoms with Crippen LogP contribution in [-0.2, 0) is 19.6 Å². The molecule has 0 radical (unpaired) electrons. The van der Waals surface area contributed by atoms with E-state index in [0.717, 1.165) is 7.05 Å². The monoisotopic (exact) mass is 349 g/mol. The molecule has 0 saturated carbocycles. The number of hydrogen-bond acceptors (Lipinski definition) is 6. The van der Waals surface area contributed by atoms with Crippen molar-refractivity contribution in [3.05, 3.63) is 41.5 Å². The fraction of sp³-hybridized carbons (Fsp3) is 0.133. The SMILES string of the molecule is CN1C(=O)c2c(c(C(=O)OCC(=O)O)cc3ccccc23)S1(=O)=O. The van der Waals surface area contributed by atoms with E-state index in [2.05, 4.69) is 4.74 Å². The summed E-state index contributed by atoms with van der Waals surface area (Å²) in [4.78, 5) is 34.6. The van der Waals surface area contributed by atoms with Crippen molar-refractivity contribution < 1.29 is 32.6 Å². The number of fused-ring (bicyclic) bond motifs is 3. The molecule has 0 bridgehead atoms. The summed E-state index contributed by atoms with van der Waals surface area (Å²) in [6, 6.07) is 7.78. The van der Waals surface area contributed by atoms with Crippen LogP contribution in [0, 0.1) is 0 Å². The van der Waals surface area contributed by atoms with Crippen LogP contribution in [0.4, 0.5) is 0 Å². The van der Waals surface area contributed by atoms with Gasteiger partial charge < -0.3 is 9.84 Å². The van der Waals surface area contributed by atoms with Gasteiger partial charge in [0.25, 0.3) is 15.9 Å². The van der Waals surface area contributed by atoms with Gasteiger partial charge in [0, 0.05) is 7.05 Å². The highest BCUT2D eigenvalue weighted by Gasteiger charge is 2.43. The molecule has 0 spiro atoms. The van der Waals surface area contributed by atoms with Crippen LogP contribution in [0.1, 0.15) is 20.7 Å². The summed E-state index contributed by atoms with van der Waals surface area (Å²) < 4.78 is 30.1. The Morgan fingerprint density at radius 3 is 2.58 bits per heavy atom. The molecule has 0 aliphatic carbocycles. The molecule has 0 unspecified atom stereocenters. The number of esters is 1. The maximum atomic E-state index is 12.5. The first-order chi connectivity index (χ1) is 11.2. The third kappa shape index (κ3) is 2.21. The van der Waals surface area contributed by atoms with Crippen LogP contribution < -0.4 is 0 Å². The van der Waals surface area contributed by atoms with E-state index in [1.807, 2.05) is 0 Å². The van der Waals surface area contributed by atoms with Gasteiger partial charge in [0.15, 0.2) is 6.61 Å². The zero-order valence-electron chi connectivity index (χ0n) is 12.3. The van der Waals surface area contributed by atoms with Crippen molar-refractivity contribution in [3.8, 4) is 0 Å². The largest absolute Gasteiger partial charge is 0.479 e. The summed E-state index contributed by atoms with van der Waals surface area (Å²) in [6.07, 6.45) is 0. The van der Waals surface area contributed by atoms with E-state index >= 15 is 0 Å². The lowest BCUT2D eigenvalue weighted by molar-refractivity contribution is -0.140. The first kappa shape index (κ1) is 15.9. The minimum atomic E-state index is -4.20. The highest BCUT2D eigenvalue weighted by Crippen LogP contribution is 2.37. The number of carbonyl (C=O) groups excluding carboxylic acids is 2. The molecular weight excluding hydrogens is 338 g/mol. The molecule has 24 heavy (non-hydrogen) atoms.